The summed E-state index contributed by atoms with van der Waals surface area (Å²) in [6, 6.07) is 5.57. The number of carbonyl (C=O) groups excluding carboxylic acids is 1. The SMILES string of the molecule is CN1C(=S)N(C2CCCCC2)C(=O)/C1=C\c1ccc(N(C)CCCO)cc1O. The molecular weight excluding hydrogens is 374 g/mol. The van der Waals surface area contributed by atoms with Crippen molar-refractivity contribution in [3.05, 3.63) is 29.5 Å². The number of carbonyl (C=O) groups is 1. The van der Waals surface area contributed by atoms with Crippen LogP contribution in [0.4, 0.5) is 5.69 Å². The Morgan fingerprint density at radius 1 is 1.29 bits per heavy atom. The molecule has 2 N–H and O–H groups in total. The maximum absolute atomic E-state index is 13.0. The molecule has 0 aromatic heterocycles. The van der Waals surface area contributed by atoms with Crippen molar-refractivity contribution in [3.8, 4) is 5.75 Å². The number of thiocarbonyl (C=S) groups is 1. The van der Waals surface area contributed by atoms with Crippen LogP contribution in [0.5, 0.6) is 5.75 Å². The molecule has 0 spiro atoms. The molecular formula is C21H29N3O3S. The molecule has 1 heterocycles. The van der Waals surface area contributed by atoms with Crippen LogP contribution < -0.4 is 4.90 Å². The number of nitrogens with zero attached hydrogens (tertiary/aromatic N) is 3. The van der Waals surface area contributed by atoms with Crippen LogP contribution in [-0.2, 0) is 4.79 Å². The number of benzene rings is 1. The predicted molar refractivity (Wildman–Crippen MR) is 115 cm³/mol. The van der Waals surface area contributed by atoms with Gasteiger partial charge in [-0.05, 0) is 49.7 Å². The number of amides is 1. The molecule has 1 aliphatic carbocycles. The first-order valence-electron chi connectivity index (χ1n) is 9.92. The van der Waals surface area contributed by atoms with Crippen LogP contribution in [0.2, 0.25) is 0 Å². The lowest BCUT2D eigenvalue weighted by molar-refractivity contribution is -0.124. The van der Waals surface area contributed by atoms with Crippen molar-refractivity contribution in [1.82, 2.24) is 9.80 Å². The highest BCUT2D eigenvalue weighted by molar-refractivity contribution is 7.80. The highest BCUT2D eigenvalue weighted by Gasteiger charge is 2.40. The second kappa shape index (κ2) is 8.92. The molecule has 1 saturated carbocycles. The summed E-state index contributed by atoms with van der Waals surface area (Å²) in [6.45, 7) is 0.828. The van der Waals surface area contributed by atoms with Crippen LogP contribution in [0, 0.1) is 0 Å². The molecule has 0 unspecified atom stereocenters. The van der Waals surface area contributed by atoms with Gasteiger partial charge in [0.25, 0.3) is 5.91 Å². The van der Waals surface area contributed by atoms with Gasteiger partial charge in [0, 0.05) is 50.6 Å². The smallest absolute Gasteiger partial charge is 0.277 e. The average Bonchev–Trinajstić information content (AvgIpc) is 2.91. The molecule has 28 heavy (non-hydrogen) atoms. The maximum Gasteiger partial charge on any atom is 0.277 e. The van der Waals surface area contributed by atoms with Gasteiger partial charge < -0.3 is 20.0 Å². The van der Waals surface area contributed by atoms with Gasteiger partial charge in [0.1, 0.15) is 11.4 Å². The first-order chi connectivity index (χ1) is 13.4. The van der Waals surface area contributed by atoms with E-state index >= 15 is 0 Å². The second-order valence-electron chi connectivity index (χ2n) is 7.58. The van der Waals surface area contributed by atoms with Gasteiger partial charge in [-0.3, -0.25) is 9.69 Å². The molecule has 1 saturated heterocycles. The Morgan fingerprint density at radius 3 is 2.64 bits per heavy atom. The number of aliphatic hydroxyl groups excluding tert-OH is 1. The van der Waals surface area contributed by atoms with E-state index in [-0.39, 0.29) is 24.3 Å². The van der Waals surface area contributed by atoms with Gasteiger partial charge in [-0.15, -0.1) is 0 Å². The Kier molecular flexibility index (Phi) is 6.57. The summed E-state index contributed by atoms with van der Waals surface area (Å²) in [7, 11) is 3.72. The molecule has 7 heteroatoms. The number of phenolic OH excluding ortho intramolecular Hbond substituents is 1. The van der Waals surface area contributed by atoms with Crippen molar-refractivity contribution >= 4 is 35.0 Å². The normalized spacial score (nSPS) is 19.8. The molecule has 1 amide bonds. The third-order valence-corrected chi connectivity index (χ3v) is 6.10. The highest BCUT2D eigenvalue weighted by atomic mass is 32.1. The van der Waals surface area contributed by atoms with Crippen LogP contribution in [-0.4, -0.2) is 64.3 Å². The topological polar surface area (TPSA) is 67.2 Å². The van der Waals surface area contributed by atoms with Crippen molar-refractivity contribution in [1.29, 1.82) is 0 Å². The summed E-state index contributed by atoms with van der Waals surface area (Å²) in [5.41, 5.74) is 1.94. The van der Waals surface area contributed by atoms with E-state index in [1.54, 1.807) is 28.0 Å². The Balaban J connectivity index is 1.82. The first-order valence-corrected chi connectivity index (χ1v) is 10.3. The fraction of sp³-hybridized carbons (Fsp3) is 0.524. The minimum atomic E-state index is -0.0806. The molecule has 152 valence electrons. The van der Waals surface area contributed by atoms with Crippen LogP contribution >= 0.6 is 12.2 Å². The zero-order valence-electron chi connectivity index (χ0n) is 16.6. The number of aromatic hydroxyl groups is 1. The number of aliphatic hydroxyl groups is 1. The molecule has 0 bridgehead atoms. The Hall–Kier alpha value is -2.12. The third kappa shape index (κ3) is 4.15. The van der Waals surface area contributed by atoms with E-state index in [9.17, 15) is 9.90 Å². The highest BCUT2D eigenvalue weighted by Crippen LogP contribution is 2.32. The van der Waals surface area contributed by atoms with Crippen LogP contribution in [0.15, 0.2) is 23.9 Å². The van der Waals surface area contributed by atoms with Crippen molar-refractivity contribution < 1.29 is 15.0 Å². The fourth-order valence-corrected chi connectivity index (χ4v) is 4.24. The zero-order valence-corrected chi connectivity index (χ0v) is 17.4. The number of anilines is 1. The van der Waals surface area contributed by atoms with E-state index in [0.29, 0.717) is 29.3 Å². The van der Waals surface area contributed by atoms with Gasteiger partial charge in [-0.1, -0.05) is 19.3 Å². The predicted octanol–water partition coefficient (Wildman–Crippen LogP) is 2.94. The average molecular weight is 404 g/mol. The summed E-state index contributed by atoms with van der Waals surface area (Å²) in [5, 5.41) is 20.0. The zero-order chi connectivity index (χ0) is 20.3. The third-order valence-electron chi connectivity index (χ3n) is 5.63. The van der Waals surface area contributed by atoms with E-state index in [1.807, 2.05) is 25.1 Å². The van der Waals surface area contributed by atoms with Crippen molar-refractivity contribution in [2.45, 2.75) is 44.6 Å². The van der Waals surface area contributed by atoms with Gasteiger partial charge in [0.2, 0.25) is 0 Å². The van der Waals surface area contributed by atoms with E-state index in [2.05, 4.69) is 0 Å². The molecule has 0 radical (unpaired) electrons. The molecule has 2 fully saturated rings. The van der Waals surface area contributed by atoms with Crippen molar-refractivity contribution in [2.24, 2.45) is 0 Å². The van der Waals surface area contributed by atoms with Gasteiger partial charge >= 0.3 is 0 Å². The number of rotatable bonds is 6. The minimum Gasteiger partial charge on any atom is -0.507 e. The largest absolute Gasteiger partial charge is 0.507 e. The van der Waals surface area contributed by atoms with E-state index < -0.39 is 0 Å². The molecule has 3 rings (SSSR count). The van der Waals surface area contributed by atoms with Crippen LogP contribution in [0.3, 0.4) is 0 Å². The second-order valence-corrected chi connectivity index (χ2v) is 7.95. The van der Waals surface area contributed by atoms with E-state index in [1.165, 1.54) is 6.42 Å². The number of hydrogen-bond donors (Lipinski definition) is 2. The van der Waals surface area contributed by atoms with E-state index in [0.717, 1.165) is 31.4 Å². The summed E-state index contributed by atoms with van der Waals surface area (Å²) in [4.78, 5) is 18.5. The van der Waals surface area contributed by atoms with E-state index in [4.69, 9.17) is 17.3 Å². The molecule has 1 aromatic carbocycles. The fourth-order valence-electron chi connectivity index (χ4n) is 3.91. The Bertz CT molecular complexity index is 774. The van der Waals surface area contributed by atoms with Crippen LogP contribution in [0.1, 0.15) is 44.1 Å². The van der Waals surface area contributed by atoms with Gasteiger partial charge in [-0.2, -0.15) is 0 Å². The molecule has 1 aliphatic heterocycles. The molecule has 6 nitrogen and oxygen atoms in total. The lowest BCUT2D eigenvalue weighted by atomic mass is 9.94. The van der Waals surface area contributed by atoms with Crippen molar-refractivity contribution in [3.63, 3.8) is 0 Å². The lowest BCUT2D eigenvalue weighted by Gasteiger charge is -2.30. The minimum absolute atomic E-state index is 0.0806. The lowest BCUT2D eigenvalue weighted by Crippen LogP contribution is -2.41. The standard InChI is InChI=1S/C21H29N3O3S/c1-22(11-6-12-25)17-10-9-15(19(26)14-17)13-18-20(27)24(21(28)23(18)2)16-7-4-3-5-8-16/h9-10,13-14,16,25-26H,3-8,11-12H2,1-2H3/b18-13+. The Morgan fingerprint density at radius 2 is 2.00 bits per heavy atom. The molecule has 1 aromatic rings. The molecule has 0 atom stereocenters. The van der Waals surface area contributed by atoms with Crippen LogP contribution in [0.25, 0.3) is 6.08 Å². The summed E-state index contributed by atoms with van der Waals surface area (Å²) >= 11 is 5.54. The number of hydrogen-bond acceptors (Lipinski definition) is 5. The van der Waals surface area contributed by atoms with Gasteiger partial charge in [0.05, 0.1) is 0 Å². The Labute approximate surface area is 172 Å². The summed E-state index contributed by atoms with van der Waals surface area (Å²) < 4.78 is 0. The summed E-state index contributed by atoms with van der Waals surface area (Å²) in [6.07, 6.45) is 7.84. The van der Waals surface area contributed by atoms with Gasteiger partial charge in [0.15, 0.2) is 5.11 Å². The monoisotopic (exact) mass is 403 g/mol. The number of likely N-dealkylation sites (N-methyl/N-ethyl adjacent to an activating group) is 1. The molecule has 2 aliphatic rings. The van der Waals surface area contributed by atoms with Crippen molar-refractivity contribution in [2.75, 3.05) is 32.1 Å². The first kappa shape index (κ1) is 20.6. The number of phenols is 1. The maximum atomic E-state index is 13.0. The van der Waals surface area contributed by atoms with Gasteiger partial charge in [-0.25, -0.2) is 0 Å². The summed E-state index contributed by atoms with van der Waals surface area (Å²) in [5.74, 6) is 0.0343. The quantitative estimate of drug-likeness (QED) is 0.562.